The van der Waals surface area contributed by atoms with Crippen LogP contribution in [-0.2, 0) is 4.79 Å². The SMILES string of the molecule is Cc1ccnc(-c2cccc(NC(=O)NC(C)(C)CCC(=O)O)c2)n1. The number of carboxylic acids is 1. The van der Waals surface area contributed by atoms with E-state index in [1.54, 1.807) is 32.2 Å². The van der Waals surface area contributed by atoms with Crippen LogP contribution in [0.1, 0.15) is 32.4 Å². The molecule has 0 saturated carbocycles. The van der Waals surface area contributed by atoms with Crippen molar-refractivity contribution in [2.45, 2.75) is 39.2 Å². The molecule has 2 rings (SSSR count). The van der Waals surface area contributed by atoms with Gasteiger partial charge in [0.15, 0.2) is 5.82 Å². The molecule has 0 aliphatic carbocycles. The van der Waals surface area contributed by atoms with E-state index >= 15 is 0 Å². The van der Waals surface area contributed by atoms with Crippen LogP contribution < -0.4 is 10.6 Å². The summed E-state index contributed by atoms with van der Waals surface area (Å²) in [6.07, 6.45) is 2.02. The van der Waals surface area contributed by atoms with Gasteiger partial charge in [0, 0.05) is 35.1 Å². The molecule has 0 spiro atoms. The minimum Gasteiger partial charge on any atom is -0.481 e. The number of amides is 2. The fourth-order valence-electron chi connectivity index (χ4n) is 2.28. The van der Waals surface area contributed by atoms with Crippen molar-refractivity contribution in [2.24, 2.45) is 0 Å². The molecule has 0 aliphatic rings. The lowest BCUT2D eigenvalue weighted by Gasteiger charge is -2.25. The van der Waals surface area contributed by atoms with Crippen LogP contribution in [0.2, 0.25) is 0 Å². The molecule has 0 atom stereocenters. The van der Waals surface area contributed by atoms with E-state index in [0.29, 0.717) is 17.9 Å². The van der Waals surface area contributed by atoms with Crippen LogP contribution in [0.3, 0.4) is 0 Å². The number of aryl methyl sites for hydroxylation is 1. The van der Waals surface area contributed by atoms with E-state index in [2.05, 4.69) is 20.6 Å². The first kappa shape index (κ1) is 18.4. The van der Waals surface area contributed by atoms with Gasteiger partial charge in [-0.05, 0) is 45.4 Å². The van der Waals surface area contributed by atoms with Gasteiger partial charge in [-0.1, -0.05) is 12.1 Å². The van der Waals surface area contributed by atoms with Crippen LogP contribution in [-0.4, -0.2) is 32.6 Å². The fourth-order valence-corrected chi connectivity index (χ4v) is 2.28. The standard InChI is InChI=1S/C18H22N4O3/c1-12-8-10-19-16(20-12)13-5-4-6-14(11-13)21-17(25)22-18(2,3)9-7-15(23)24/h4-6,8,10-11H,7,9H2,1-3H3,(H,23,24)(H2,21,22,25). The van der Waals surface area contributed by atoms with Crippen molar-refractivity contribution < 1.29 is 14.7 Å². The Labute approximate surface area is 146 Å². The molecule has 1 aromatic carbocycles. The molecular weight excluding hydrogens is 320 g/mol. The molecule has 0 radical (unpaired) electrons. The number of carbonyl (C=O) groups is 2. The summed E-state index contributed by atoms with van der Waals surface area (Å²) in [6, 6.07) is 8.67. The highest BCUT2D eigenvalue weighted by Crippen LogP contribution is 2.19. The molecule has 0 fully saturated rings. The maximum absolute atomic E-state index is 12.2. The first-order chi connectivity index (χ1) is 11.7. The zero-order valence-corrected chi connectivity index (χ0v) is 14.5. The lowest BCUT2D eigenvalue weighted by atomic mass is 9.99. The monoisotopic (exact) mass is 342 g/mol. The number of aromatic nitrogens is 2. The quantitative estimate of drug-likeness (QED) is 0.748. The third-order valence-corrected chi connectivity index (χ3v) is 3.59. The maximum Gasteiger partial charge on any atom is 0.319 e. The minimum absolute atomic E-state index is 0.00649. The molecule has 0 unspecified atom stereocenters. The smallest absolute Gasteiger partial charge is 0.319 e. The summed E-state index contributed by atoms with van der Waals surface area (Å²) in [5.41, 5.74) is 1.64. The fraction of sp³-hybridized carbons (Fsp3) is 0.333. The number of carboxylic acid groups (broad SMARTS) is 1. The number of aliphatic carboxylic acids is 1. The van der Waals surface area contributed by atoms with Gasteiger partial charge in [0.25, 0.3) is 0 Å². The van der Waals surface area contributed by atoms with Crippen molar-refractivity contribution in [1.82, 2.24) is 15.3 Å². The van der Waals surface area contributed by atoms with E-state index in [1.165, 1.54) is 0 Å². The van der Waals surface area contributed by atoms with Crippen molar-refractivity contribution in [3.8, 4) is 11.4 Å². The molecule has 2 amide bonds. The first-order valence-electron chi connectivity index (χ1n) is 7.96. The summed E-state index contributed by atoms with van der Waals surface area (Å²) in [5, 5.41) is 14.3. The van der Waals surface area contributed by atoms with Crippen LogP contribution in [0.5, 0.6) is 0 Å². The van der Waals surface area contributed by atoms with Gasteiger partial charge in [-0.25, -0.2) is 14.8 Å². The van der Waals surface area contributed by atoms with Gasteiger partial charge < -0.3 is 15.7 Å². The number of urea groups is 1. The Kier molecular flexibility index (Phi) is 5.69. The molecule has 25 heavy (non-hydrogen) atoms. The highest BCUT2D eigenvalue weighted by Gasteiger charge is 2.21. The van der Waals surface area contributed by atoms with Gasteiger partial charge in [0.1, 0.15) is 0 Å². The third-order valence-electron chi connectivity index (χ3n) is 3.59. The summed E-state index contributed by atoms with van der Waals surface area (Å²) in [7, 11) is 0. The number of hydrogen-bond donors (Lipinski definition) is 3. The summed E-state index contributed by atoms with van der Waals surface area (Å²) in [5.74, 6) is -0.299. The van der Waals surface area contributed by atoms with Crippen molar-refractivity contribution in [3.05, 3.63) is 42.2 Å². The normalized spacial score (nSPS) is 11.0. The average molecular weight is 342 g/mol. The van der Waals surface area contributed by atoms with Gasteiger partial charge in [0.2, 0.25) is 0 Å². The van der Waals surface area contributed by atoms with Crippen LogP contribution >= 0.6 is 0 Å². The van der Waals surface area contributed by atoms with Crippen molar-refractivity contribution in [2.75, 3.05) is 5.32 Å². The maximum atomic E-state index is 12.2. The molecule has 0 aliphatic heterocycles. The summed E-state index contributed by atoms with van der Waals surface area (Å²) < 4.78 is 0. The van der Waals surface area contributed by atoms with Crippen LogP contribution in [0.4, 0.5) is 10.5 Å². The van der Waals surface area contributed by atoms with Gasteiger partial charge in [-0.3, -0.25) is 4.79 Å². The number of nitrogens with one attached hydrogen (secondary N) is 2. The Morgan fingerprint density at radius 1 is 1.24 bits per heavy atom. The number of hydrogen-bond acceptors (Lipinski definition) is 4. The van der Waals surface area contributed by atoms with Crippen molar-refractivity contribution in [1.29, 1.82) is 0 Å². The molecule has 7 heteroatoms. The Morgan fingerprint density at radius 2 is 2.00 bits per heavy atom. The molecule has 0 bridgehead atoms. The van der Waals surface area contributed by atoms with E-state index in [-0.39, 0.29) is 6.42 Å². The van der Waals surface area contributed by atoms with E-state index in [1.807, 2.05) is 25.1 Å². The van der Waals surface area contributed by atoms with Gasteiger partial charge in [0.05, 0.1) is 0 Å². The zero-order valence-electron chi connectivity index (χ0n) is 14.5. The summed E-state index contributed by atoms with van der Waals surface area (Å²) >= 11 is 0. The number of anilines is 1. The molecule has 132 valence electrons. The zero-order chi connectivity index (χ0) is 18.4. The van der Waals surface area contributed by atoms with E-state index in [4.69, 9.17) is 5.11 Å². The van der Waals surface area contributed by atoms with Gasteiger partial charge in [-0.2, -0.15) is 0 Å². The molecule has 7 nitrogen and oxygen atoms in total. The predicted molar refractivity (Wildman–Crippen MR) is 95.3 cm³/mol. The van der Waals surface area contributed by atoms with Crippen LogP contribution in [0.25, 0.3) is 11.4 Å². The lowest BCUT2D eigenvalue weighted by molar-refractivity contribution is -0.137. The van der Waals surface area contributed by atoms with Crippen molar-refractivity contribution in [3.63, 3.8) is 0 Å². The third kappa shape index (κ3) is 5.87. The predicted octanol–water partition coefficient (Wildman–Crippen LogP) is 3.22. The van der Waals surface area contributed by atoms with E-state index < -0.39 is 17.5 Å². The molecule has 1 heterocycles. The summed E-state index contributed by atoms with van der Waals surface area (Å²) in [4.78, 5) is 31.5. The Bertz CT molecular complexity index is 774. The van der Waals surface area contributed by atoms with Crippen molar-refractivity contribution >= 4 is 17.7 Å². The molecular formula is C18H22N4O3. The molecule has 3 N–H and O–H groups in total. The number of benzene rings is 1. The van der Waals surface area contributed by atoms with Crippen LogP contribution in [0, 0.1) is 6.92 Å². The molecule has 1 aromatic heterocycles. The van der Waals surface area contributed by atoms with Gasteiger partial charge >= 0.3 is 12.0 Å². The summed E-state index contributed by atoms with van der Waals surface area (Å²) in [6.45, 7) is 5.46. The molecule has 2 aromatic rings. The number of carbonyl (C=O) groups excluding carboxylic acids is 1. The minimum atomic E-state index is -0.888. The molecule has 0 saturated heterocycles. The lowest BCUT2D eigenvalue weighted by Crippen LogP contribution is -2.45. The van der Waals surface area contributed by atoms with E-state index in [0.717, 1.165) is 11.3 Å². The van der Waals surface area contributed by atoms with Gasteiger partial charge in [-0.15, -0.1) is 0 Å². The number of nitrogens with zero attached hydrogens (tertiary/aromatic N) is 2. The topological polar surface area (TPSA) is 104 Å². The van der Waals surface area contributed by atoms with E-state index in [9.17, 15) is 9.59 Å². The first-order valence-corrected chi connectivity index (χ1v) is 7.96. The Morgan fingerprint density at radius 3 is 2.68 bits per heavy atom. The van der Waals surface area contributed by atoms with Crippen LogP contribution in [0.15, 0.2) is 36.5 Å². The highest BCUT2D eigenvalue weighted by atomic mass is 16.4. The Balaban J connectivity index is 2.04. The number of rotatable bonds is 6. The Hall–Kier alpha value is -2.96. The largest absolute Gasteiger partial charge is 0.481 e. The average Bonchev–Trinajstić information content (AvgIpc) is 2.53. The second-order valence-electron chi connectivity index (χ2n) is 6.46. The second-order valence-corrected chi connectivity index (χ2v) is 6.46. The second kappa shape index (κ2) is 7.74. The highest BCUT2D eigenvalue weighted by molar-refractivity contribution is 5.90.